The molecule has 0 aromatic rings. The van der Waals surface area contributed by atoms with Crippen molar-refractivity contribution in [2.45, 2.75) is 72.6 Å². The Morgan fingerprint density at radius 3 is 2.07 bits per heavy atom. The van der Waals surface area contributed by atoms with Crippen molar-refractivity contribution in [1.29, 1.82) is 0 Å². The molecule has 84 valence electrons. The molecule has 0 aromatic carbocycles. The van der Waals surface area contributed by atoms with E-state index in [-0.39, 0.29) is 5.41 Å². The first kappa shape index (κ1) is 13.7. The van der Waals surface area contributed by atoms with Gasteiger partial charge in [-0.2, -0.15) is 0 Å². The lowest BCUT2D eigenvalue weighted by Gasteiger charge is -2.22. The van der Waals surface area contributed by atoms with Crippen molar-refractivity contribution in [1.82, 2.24) is 0 Å². The molecule has 0 unspecified atom stereocenters. The van der Waals surface area contributed by atoms with Gasteiger partial charge in [-0.05, 0) is 12.8 Å². The van der Waals surface area contributed by atoms with Crippen LogP contribution in [-0.2, 0) is 4.79 Å². The molecular formula is C13H26O. The van der Waals surface area contributed by atoms with Crippen LogP contribution in [0, 0.1) is 5.41 Å². The summed E-state index contributed by atoms with van der Waals surface area (Å²) in [4.78, 5) is 11.8. The molecule has 0 aromatic heterocycles. The maximum Gasteiger partial charge on any atom is 0.138 e. The number of rotatable bonds is 8. The van der Waals surface area contributed by atoms with Crippen molar-refractivity contribution in [2.75, 3.05) is 0 Å². The molecule has 0 aliphatic heterocycles. The summed E-state index contributed by atoms with van der Waals surface area (Å²) < 4.78 is 0. The predicted octanol–water partition coefficient (Wildman–Crippen LogP) is 4.35. The molecule has 0 atom stereocenters. The Hall–Kier alpha value is -0.330. The number of Topliss-reactive ketones (excluding diaryl/α,β-unsaturated/α-hetero) is 1. The molecule has 1 nitrogen and oxygen atoms in total. The Morgan fingerprint density at radius 1 is 1.00 bits per heavy atom. The third kappa shape index (κ3) is 5.41. The first-order valence-corrected chi connectivity index (χ1v) is 6.08. The number of ketones is 1. The van der Waals surface area contributed by atoms with Gasteiger partial charge in [-0.3, -0.25) is 4.79 Å². The fourth-order valence-corrected chi connectivity index (χ4v) is 1.63. The van der Waals surface area contributed by atoms with Crippen molar-refractivity contribution in [3.63, 3.8) is 0 Å². The highest BCUT2D eigenvalue weighted by Gasteiger charge is 2.25. The number of carbonyl (C=O) groups excluding carboxylic acids is 1. The van der Waals surface area contributed by atoms with Crippen LogP contribution in [0.25, 0.3) is 0 Å². The van der Waals surface area contributed by atoms with Gasteiger partial charge in [0, 0.05) is 11.8 Å². The molecule has 0 radical (unpaired) electrons. The zero-order valence-corrected chi connectivity index (χ0v) is 10.4. The Labute approximate surface area is 89.3 Å². The van der Waals surface area contributed by atoms with Crippen LogP contribution in [0.2, 0.25) is 0 Å². The maximum atomic E-state index is 11.8. The van der Waals surface area contributed by atoms with Gasteiger partial charge in [0.05, 0.1) is 0 Å². The summed E-state index contributed by atoms with van der Waals surface area (Å²) in [6.07, 6.45) is 7.65. The summed E-state index contributed by atoms with van der Waals surface area (Å²) in [5.74, 6) is 0.458. The lowest BCUT2D eigenvalue weighted by molar-refractivity contribution is -0.127. The Morgan fingerprint density at radius 2 is 1.57 bits per heavy atom. The number of carbonyl (C=O) groups is 1. The second-order valence-corrected chi connectivity index (χ2v) is 4.87. The van der Waals surface area contributed by atoms with Gasteiger partial charge in [0.15, 0.2) is 0 Å². The molecule has 1 heteroatoms. The van der Waals surface area contributed by atoms with E-state index in [1.165, 1.54) is 25.7 Å². The summed E-state index contributed by atoms with van der Waals surface area (Å²) >= 11 is 0. The van der Waals surface area contributed by atoms with Gasteiger partial charge in [-0.1, -0.05) is 53.4 Å². The molecule has 0 saturated heterocycles. The van der Waals surface area contributed by atoms with Crippen LogP contribution < -0.4 is 0 Å². The van der Waals surface area contributed by atoms with Gasteiger partial charge in [0.1, 0.15) is 5.78 Å². The van der Waals surface area contributed by atoms with E-state index >= 15 is 0 Å². The molecule has 0 bridgehead atoms. The summed E-state index contributed by atoms with van der Waals surface area (Å²) in [5.41, 5.74) is -0.0796. The van der Waals surface area contributed by atoms with Crippen LogP contribution in [0.4, 0.5) is 0 Å². The minimum atomic E-state index is -0.0796. The molecule has 0 fully saturated rings. The van der Waals surface area contributed by atoms with Crippen LogP contribution in [0.1, 0.15) is 72.6 Å². The predicted molar refractivity (Wildman–Crippen MR) is 62.5 cm³/mol. The van der Waals surface area contributed by atoms with Crippen LogP contribution in [0.5, 0.6) is 0 Å². The highest BCUT2D eigenvalue weighted by atomic mass is 16.1. The second kappa shape index (κ2) is 7.03. The minimum absolute atomic E-state index is 0.0796. The van der Waals surface area contributed by atoms with Gasteiger partial charge in [-0.25, -0.2) is 0 Å². The fourth-order valence-electron chi connectivity index (χ4n) is 1.63. The molecule has 0 heterocycles. The van der Waals surface area contributed by atoms with Gasteiger partial charge in [0.2, 0.25) is 0 Å². The van der Waals surface area contributed by atoms with Crippen molar-refractivity contribution >= 4 is 5.78 Å². The smallest absolute Gasteiger partial charge is 0.138 e. The Kier molecular flexibility index (Phi) is 6.86. The van der Waals surface area contributed by atoms with E-state index in [2.05, 4.69) is 27.7 Å². The van der Waals surface area contributed by atoms with E-state index in [4.69, 9.17) is 0 Å². The standard InChI is InChI=1S/C13H26O/c1-5-7-9-10-12(14)13(3,4)11-8-6-2/h5-11H2,1-4H3. The normalized spacial score (nSPS) is 11.7. The summed E-state index contributed by atoms with van der Waals surface area (Å²) in [5, 5.41) is 0. The number of unbranched alkanes of at least 4 members (excludes halogenated alkanes) is 3. The van der Waals surface area contributed by atoms with Crippen molar-refractivity contribution in [3.05, 3.63) is 0 Å². The zero-order chi connectivity index (χ0) is 11.0. The lowest BCUT2D eigenvalue weighted by Crippen LogP contribution is -2.23. The van der Waals surface area contributed by atoms with E-state index in [9.17, 15) is 4.79 Å². The minimum Gasteiger partial charge on any atom is -0.299 e. The van der Waals surface area contributed by atoms with E-state index in [1.54, 1.807) is 0 Å². The van der Waals surface area contributed by atoms with Crippen molar-refractivity contribution < 1.29 is 4.79 Å². The third-order valence-corrected chi connectivity index (χ3v) is 2.92. The summed E-state index contributed by atoms with van der Waals surface area (Å²) in [6.45, 7) is 8.54. The Balaban J connectivity index is 3.82. The SMILES string of the molecule is CCCCCC(=O)C(C)(C)CCCC. The van der Waals surface area contributed by atoms with Crippen molar-refractivity contribution in [2.24, 2.45) is 5.41 Å². The van der Waals surface area contributed by atoms with Gasteiger partial charge in [-0.15, -0.1) is 0 Å². The molecule has 0 amide bonds. The van der Waals surface area contributed by atoms with Gasteiger partial charge < -0.3 is 0 Å². The van der Waals surface area contributed by atoms with Crippen LogP contribution in [-0.4, -0.2) is 5.78 Å². The number of hydrogen-bond donors (Lipinski definition) is 0. The number of hydrogen-bond acceptors (Lipinski definition) is 1. The quantitative estimate of drug-likeness (QED) is 0.530. The Bertz CT molecular complexity index is 159. The molecule has 0 saturated carbocycles. The molecule has 0 N–H and O–H groups in total. The molecular weight excluding hydrogens is 172 g/mol. The van der Waals surface area contributed by atoms with Gasteiger partial charge >= 0.3 is 0 Å². The van der Waals surface area contributed by atoms with E-state index in [0.29, 0.717) is 5.78 Å². The molecule has 0 aliphatic rings. The third-order valence-electron chi connectivity index (χ3n) is 2.92. The van der Waals surface area contributed by atoms with Crippen LogP contribution in [0.15, 0.2) is 0 Å². The lowest BCUT2D eigenvalue weighted by atomic mass is 9.81. The largest absolute Gasteiger partial charge is 0.299 e. The van der Waals surface area contributed by atoms with Crippen molar-refractivity contribution in [3.8, 4) is 0 Å². The molecule has 0 spiro atoms. The molecule has 0 aliphatic carbocycles. The summed E-state index contributed by atoms with van der Waals surface area (Å²) in [7, 11) is 0. The first-order chi connectivity index (χ1) is 6.54. The highest BCUT2D eigenvalue weighted by Crippen LogP contribution is 2.26. The average Bonchev–Trinajstić information content (AvgIpc) is 2.15. The van der Waals surface area contributed by atoms with E-state index in [1.807, 2.05) is 0 Å². The van der Waals surface area contributed by atoms with E-state index in [0.717, 1.165) is 19.3 Å². The molecule has 14 heavy (non-hydrogen) atoms. The van der Waals surface area contributed by atoms with E-state index < -0.39 is 0 Å². The average molecular weight is 198 g/mol. The zero-order valence-electron chi connectivity index (χ0n) is 10.4. The van der Waals surface area contributed by atoms with Crippen LogP contribution >= 0.6 is 0 Å². The van der Waals surface area contributed by atoms with Gasteiger partial charge in [0.25, 0.3) is 0 Å². The fraction of sp³-hybridized carbons (Fsp3) is 0.923. The summed E-state index contributed by atoms with van der Waals surface area (Å²) in [6, 6.07) is 0. The second-order valence-electron chi connectivity index (χ2n) is 4.87. The van der Waals surface area contributed by atoms with Crippen LogP contribution in [0.3, 0.4) is 0 Å². The first-order valence-electron chi connectivity index (χ1n) is 6.08. The monoisotopic (exact) mass is 198 g/mol. The molecule has 0 rings (SSSR count). The topological polar surface area (TPSA) is 17.1 Å². The highest BCUT2D eigenvalue weighted by molar-refractivity contribution is 5.83. The maximum absolute atomic E-state index is 11.8.